The molecule has 1 unspecified atom stereocenters. The lowest BCUT2D eigenvalue weighted by molar-refractivity contribution is -0.139. The topological polar surface area (TPSA) is 95.5 Å². The second-order valence-electron chi connectivity index (χ2n) is 6.38. The number of carbonyl (C=O) groups is 3. The summed E-state index contributed by atoms with van der Waals surface area (Å²) in [7, 11) is 0. The van der Waals surface area contributed by atoms with E-state index in [9.17, 15) is 19.5 Å². The van der Waals surface area contributed by atoms with Gasteiger partial charge in [-0.05, 0) is 42.7 Å². The van der Waals surface area contributed by atoms with Gasteiger partial charge < -0.3 is 15.7 Å². The average Bonchev–Trinajstić information content (AvgIpc) is 3.46. The molecule has 0 saturated heterocycles. The van der Waals surface area contributed by atoms with Crippen LogP contribution >= 0.6 is 0 Å². The molecule has 134 valence electrons. The predicted molar refractivity (Wildman–Crippen MR) is 96.0 cm³/mol. The van der Waals surface area contributed by atoms with Gasteiger partial charge in [-0.25, -0.2) is 4.79 Å². The molecule has 1 atom stereocenters. The summed E-state index contributed by atoms with van der Waals surface area (Å²) in [5, 5.41) is 14.8. The Morgan fingerprint density at radius 1 is 0.923 bits per heavy atom. The third-order valence-electron chi connectivity index (χ3n) is 4.21. The third kappa shape index (κ3) is 4.69. The molecule has 0 bridgehead atoms. The van der Waals surface area contributed by atoms with Crippen LogP contribution in [-0.4, -0.2) is 35.0 Å². The summed E-state index contributed by atoms with van der Waals surface area (Å²) in [5.41, 5.74) is 1.62. The van der Waals surface area contributed by atoms with Gasteiger partial charge in [-0.1, -0.05) is 30.3 Å². The van der Waals surface area contributed by atoms with Gasteiger partial charge in [-0.2, -0.15) is 0 Å². The van der Waals surface area contributed by atoms with Crippen molar-refractivity contribution in [2.75, 3.05) is 0 Å². The molecule has 1 fully saturated rings. The SMILES string of the molecule is O=C(NC1CC1)c1ccc(C(=O)NC(Cc2ccccc2)C(=O)O)cc1. The van der Waals surface area contributed by atoms with E-state index in [-0.39, 0.29) is 18.4 Å². The van der Waals surface area contributed by atoms with Crippen molar-refractivity contribution in [3.8, 4) is 0 Å². The fraction of sp³-hybridized carbons (Fsp3) is 0.250. The van der Waals surface area contributed by atoms with Gasteiger partial charge in [-0.15, -0.1) is 0 Å². The summed E-state index contributed by atoms with van der Waals surface area (Å²) >= 11 is 0. The molecular weight excluding hydrogens is 332 g/mol. The largest absolute Gasteiger partial charge is 0.480 e. The standard InChI is InChI=1S/C20H20N2O4/c23-18(21-16-10-11-16)14-6-8-15(9-7-14)19(24)22-17(20(25)26)12-13-4-2-1-3-5-13/h1-9,16-17H,10-12H2,(H,21,23)(H,22,24)(H,25,26). The Bertz CT molecular complexity index is 798. The maximum atomic E-state index is 12.3. The number of hydrogen-bond acceptors (Lipinski definition) is 3. The van der Waals surface area contributed by atoms with Gasteiger partial charge in [0.1, 0.15) is 6.04 Å². The first-order valence-electron chi connectivity index (χ1n) is 8.51. The van der Waals surface area contributed by atoms with Gasteiger partial charge in [0, 0.05) is 23.6 Å². The Hall–Kier alpha value is -3.15. The maximum absolute atomic E-state index is 12.3. The molecule has 26 heavy (non-hydrogen) atoms. The second-order valence-corrected chi connectivity index (χ2v) is 6.38. The number of carboxylic acid groups (broad SMARTS) is 1. The van der Waals surface area contributed by atoms with E-state index in [0.29, 0.717) is 11.1 Å². The Labute approximate surface area is 151 Å². The van der Waals surface area contributed by atoms with E-state index in [2.05, 4.69) is 10.6 Å². The van der Waals surface area contributed by atoms with Crippen LogP contribution in [0.4, 0.5) is 0 Å². The van der Waals surface area contributed by atoms with Gasteiger partial charge in [0.25, 0.3) is 11.8 Å². The van der Waals surface area contributed by atoms with Crippen molar-refractivity contribution in [3.63, 3.8) is 0 Å². The molecule has 3 rings (SSSR count). The molecule has 0 heterocycles. The van der Waals surface area contributed by atoms with Crippen molar-refractivity contribution < 1.29 is 19.5 Å². The van der Waals surface area contributed by atoms with Crippen LogP contribution in [-0.2, 0) is 11.2 Å². The molecule has 3 N–H and O–H groups in total. The highest BCUT2D eigenvalue weighted by molar-refractivity contribution is 5.99. The lowest BCUT2D eigenvalue weighted by Crippen LogP contribution is -2.42. The number of nitrogens with one attached hydrogen (secondary N) is 2. The van der Waals surface area contributed by atoms with Crippen molar-refractivity contribution in [2.45, 2.75) is 31.3 Å². The lowest BCUT2D eigenvalue weighted by Gasteiger charge is -2.15. The minimum Gasteiger partial charge on any atom is -0.480 e. The zero-order chi connectivity index (χ0) is 18.5. The molecule has 0 spiro atoms. The zero-order valence-electron chi connectivity index (χ0n) is 14.1. The molecule has 1 aliphatic carbocycles. The molecule has 0 aromatic heterocycles. The Kier molecular flexibility index (Phi) is 5.31. The van der Waals surface area contributed by atoms with E-state index in [0.717, 1.165) is 18.4 Å². The van der Waals surface area contributed by atoms with Crippen molar-refractivity contribution in [1.82, 2.24) is 10.6 Å². The van der Waals surface area contributed by atoms with E-state index in [1.165, 1.54) is 12.1 Å². The first-order chi connectivity index (χ1) is 12.5. The van der Waals surface area contributed by atoms with Crippen LogP contribution in [0.2, 0.25) is 0 Å². The van der Waals surface area contributed by atoms with Gasteiger partial charge >= 0.3 is 5.97 Å². The molecule has 6 nitrogen and oxygen atoms in total. The molecule has 2 aromatic carbocycles. The number of rotatable bonds is 7. The number of aliphatic carboxylic acids is 1. The van der Waals surface area contributed by atoms with E-state index in [4.69, 9.17) is 0 Å². The van der Waals surface area contributed by atoms with Crippen molar-refractivity contribution in [1.29, 1.82) is 0 Å². The van der Waals surface area contributed by atoms with Gasteiger partial charge in [0.15, 0.2) is 0 Å². The highest BCUT2D eigenvalue weighted by Crippen LogP contribution is 2.19. The van der Waals surface area contributed by atoms with Crippen LogP contribution in [0.3, 0.4) is 0 Å². The summed E-state index contributed by atoms with van der Waals surface area (Å²) < 4.78 is 0. The van der Waals surface area contributed by atoms with Crippen molar-refractivity contribution in [2.24, 2.45) is 0 Å². The Balaban J connectivity index is 1.63. The maximum Gasteiger partial charge on any atom is 0.326 e. The van der Waals surface area contributed by atoms with Gasteiger partial charge in [0.05, 0.1) is 0 Å². The summed E-state index contributed by atoms with van der Waals surface area (Å²) in [5.74, 6) is -1.74. The van der Waals surface area contributed by atoms with Gasteiger partial charge in [-0.3, -0.25) is 9.59 Å². The predicted octanol–water partition coefficient (Wildman–Crippen LogP) is 2.00. The van der Waals surface area contributed by atoms with Crippen LogP contribution in [0.25, 0.3) is 0 Å². The molecule has 2 amide bonds. The molecule has 6 heteroatoms. The summed E-state index contributed by atoms with van der Waals surface area (Å²) in [6.07, 6.45) is 2.21. The first kappa shape index (κ1) is 17.7. The number of hydrogen-bond donors (Lipinski definition) is 3. The minimum atomic E-state index is -1.09. The summed E-state index contributed by atoms with van der Waals surface area (Å²) in [6.45, 7) is 0. The fourth-order valence-electron chi connectivity index (χ4n) is 2.56. The van der Waals surface area contributed by atoms with Crippen LogP contribution in [0.15, 0.2) is 54.6 Å². The minimum absolute atomic E-state index is 0.160. The number of carbonyl (C=O) groups excluding carboxylic acids is 2. The molecule has 1 aliphatic rings. The quantitative estimate of drug-likeness (QED) is 0.710. The second kappa shape index (κ2) is 7.82. The van der Waals surface area contributed by atoms with E-state index >= 15 is 0 Å². The van der Waals surface area contributed by atoms with Crippen LogP contribution in [0.5, 0.6) is 0 Å². The molecule has 0 aliphatic heterocycles. The van der Waals surface area contributed by atoms with Crippen LogP contribution in [0.1, 0.15) is 39.1 Å². The first-order valence-corrected chi connectivity index (χ1v) is 8.51. The lowest BCUT2D eigenvalue weighted by atomic mass is 10.1. The third-order valence-corrected chi connectivity index (χ3v) is 4.21. The Morgan fingerprint density at radius 2 is 1.50 bits per heavy atom. The average molecular weight is 352 g/mol. The van der Waals surface area contributed by atoms with Crippen LogP contribution in [0, 0.1) is 0 Å². The van der Waals surface area contributed by atoms with Crippen molar-refractivity contribution in [3.05, 3.63) is 71.3 Å². The zero-order valence-corrected chi connectivity index (χ0v) is 14.1. The normalized spacial score (nSPS) is 14.3. The summed E-state index contributed by atoms with van der Waals surface area (Å²) in [4.78, 5) is 35.8. The monoisotopic (exact) mass is 352 g/mol. The van der Waals surface area contributed by atoms with E-state index < -0.39 is 17.9 Å². The molecule has 2 aromatic rings. The smallest absolute Gasteiger partial charge is 0.326 e. The van der Waals surface area contributed by atoms with Gasteiger partial charge in [0.2, 0.25) is 0 Å². The number of carboxylic acids is 1. The molecular formula is C20H20N2O4. The van der Waals surface area contributed by atoms with Crippen LogP contribution < -0.4 is 10.6 Å². The summed E-state index contributed by atoms with van der Waals surface area (Å²) in [6, 6.07) is 14.5. The molecule has 1 saturated carbocycles. The Morgan fingerprint density at radius 3 is 2.04 bits per heavy atom. The molecule has 0 radical (unpaired) electrons. The number of amides is 2. The highest BCUT2D eigenvalue weighted by Gasteiger charge is 2.24. The van der Waals surface area contributed by atoms with E-state index in [1.54, 1.807) is 12.1 Å². The van der Waals surface area contributed by atoms with Crippen molar-refractivity contribution >= 4 is 17.8 Å². The van der Waals surface area contributed by atoms with E-state index in [1.807, 2.05) is 30.3 Å². The fourth-order valence-corrected chi connectivity index (χ4v) is 2.56. The number of benzene rings is 2. The highest BCUT2D eigenvalue weighted by atomic mass is 16.4.